The van der Waals surface area contributed by atoms with Gasteiger partial charge in [0.2, 0.25) is 10.0 Å². The van der Waals surface area contributed by atoms with E-state index in [1.807, 2.05) is 6.07 Å². The monoisotopic (exact) mass is 257 g/mol. The Balaban J connectivity index is 3.19. The molecule has 0 bridgehead atoms. The number of ether oxygens (including phenoxy) is 1. The second-order valence-corrected chi connectivity index (χ2v) is 6.12. The molecular formula is C12H19NO3S. The van der Waals surface area contributed by atoms with E-state index in [0.717, 1.165) is 23.3 Å². The molecule has 17 heavy (non-hydrogen) atoms. The summed E-state index contributed by atoms with van der Waals surface area (Å²) in [5.74, 6) is 0.997. The normalized spacial score (nSPS) is 11.8. The molecule has 0 radical (unpaired) electrons. The maximum absolute atomic E-state index is 11.2. The molecule has 0 aliphatic heterocycles. The lowest BCUT2D eigenvalue weighted by atomic mass is 9.98. The van der Waals surface area contributed by atoms with Gasteiger partial charge in [0.05, 0.1) is 12.9 Å². The van der Waals surface area contributed by atoms with Crippen LogP contribution < -0.4 is 9.88 Å². The Morgan fingerprint density at radius 3 is 2.47 bits per heavy atom. The molecule has 0 saturated heterocycles. The maximum Gasteiger partial charge on any atom is 0.213 e. The van der Waals surface area contributed by atoms with E-state index in [-0.39, 0.29) is 5.75 Å². The van der Waals surface area contributed by atoms with Crippen LogP contribution in [-0.4, -0.2) is 15.5 Å². The molecule has 0 saturated carbocycles. The highest BCUT2D eigenvalue weighted by Crippen LogP contribution is 2.26. The average Bonchev–Trinajstić information content (AvgIpc) is 2.17. The number of hydrogen-bond acceptors (Lipinski definition) is 3. The highest BCUT2D eigenvalue weighted by molar-refractivity contribution is 7.88. The number of primary sulfonamides is 1. The van der Waals surface area contributed by atoms with Crippen LogP contribution in [-0.2, 0) is 22.2 Å². The molecule has 1 aromatic carbocycles. The zero-order valence-electron chi connectivity index (χ0n) is 10.4. The third-order valence-corrected chi connectivity index (χ3v) is 3.13. The molecule has 0 spiro atoms. The van der Waals surface area contributed by atoms with Crippen LogP contribution in [0.5, 0.6) is 5.75 Å². The number of sulfonamides is 1. The second-order valence-electron chi connectivity index (χ2n) is 4.50. The number of methoxy groups -OCH3 is 1. The molecule has 4 nitrogen and oxygen atoms in total. The third kappa shape index (κ3) is 4.36. The molecule has 0 aromatic heterocycles. The molecular weight excluding hydrogens is 238 g/mol. The fraction of sp³-hybridized carbons (Fsp3) is 0.500. The largest absolute Gasteiger partial charge is 0.496 e. The van der Waals surface area contributed by atoms with E-state index in [2.05, 4.69) is 13.8 Å². The molecule has 0 aliphatic rings. The lowest BCUT2D eigenvalue weighted by Crippen LogP contribution is -2.16. The van der Waals surface area contributed by atoms with Crippen molar-refractivity contribution in [3.8, 4) is 5.75 Å². The number of nitrogens with two attached hydrogens (primary N) is 1. The van der Waals surface area contributed by atoms with Crippen LogP contribution in [0.3, 0.4) is 0 Å². The lowest BCUT2D eigenvalue weighted by Gasteiger charge is -2.15. The Bertz CT molecular complexity index is 481. The molecule has 2 N–H and O–H groups in total. The van der Waals surface area contributed by atoms with Gasteiger partial charge in [0.25, 0.3) is 0 Å². The molecule has 0 fully saturated rings. The molecule has 0 amide bonds. The first-order chi connectivity index (χ1) is 7.83. The summed E-state index contributed by atoms with van der Waals surface area (Å²) in [6.07, 6.45) is 0.773. The van der Waals surface area contributed by atoms with Crippen molar-refractivity contribution in [2.24, 2.45) is 11.1 Å². The molecule has 1 rings (SSSR count). The van der Waals surface area contributed by atoms with Crippen LogP contribution >= 0.6 is 0 Å². The van der Waals surface area contributed by atoms with Gasteiger partial charge >= 0.3 is 0 Å². The summed E-state index contributed by atoms with van der Waals surface area (Å²) in [5.41, 5.74) is 1.65. The van der Waals surface area contributed by atoms with Gasteiger partial charge in [0.1, 0.15) is 5.75 Å². The molecule has 0 heterocycles. The average molecular weight is 257 g/mol. The van der Waals surface area contributed by atoms with Crippen molar-refractivity contribution in [3.63, 3.8) is 0 Å². The Morgan fingerprint density at radius 1 is 1.35 bits per heavy atom. The molecule has 96 valence electrons. The van der Waals surface area contributed by atoms with Crippen molar-refractivity contribution in [1.82, 2.24) is 0 Å². The van der Waals surface area contributed by atoms with E-state index in [1.165, 1.54) is 0 Å². The summed E-state index contributed by atoms with van der Waals surface area (Å²) >= 11 is 0. The summed E-state index contributed by atoms with van der Waals surface area (Å²) in [5, 5.41) is 5.09. The van der Waals surface area contributed by atoms with E-state index in [0.29, 0.717) is 5.92 Å². The van der Waals surface area contributed by atoms with Gasteiger partial charge in [0.15, 0.2) is 0 Å². The van der Waals surface area contributed by atoms with Crippen molar-refractivity contribution in [1.29, 1.82) is 0 Å². The molecule has 0 aliphatic carbocycles. The predicted octanol–water partition coefficient (Wildman–Crippen LogP) is 1.68. The van der Waals surface area contributed by atoms with Crippen molar-refractivity contribution >= 4 is 10.0 Å². The van der Waals surface area contributed by atoms with Gasteiger partial charge < -0.3 is 4.74 Å². The minimum absolute atomic E-state index is 0.147. The van der Waals surface area contributed by atoms with Crippen molar-refractivity contribution in [3.05, 3.63) is 29.3 Å². The number of hydrogen-bond donors (Lipinski definition) is 1. The van der Waals surface area contributed by atoms with E-state index >= 15 is 0 Å². The highest BCUT2D eigenvalue weighted by atomic mass is 32.2. The zero-order valence-corrected chi connectivity index (χ0v) is 11.3. The molecule has 5 heteroatoms. The van der Waals surface area contributed by atoms with E-state index in [1.54, 1.807) is 19.2 Å². The summed E-state index contributed by atoms with van der Waals surface area (Å²) in [6, 6.07) is 5.40. The quantitative estimate of drug-likeness (QED) is 0.872. The van der Waals surface area contributed by atoms with Gasteiger partial charge in [-0.25, -0.2) is 13.6 Å². The summed E-state index contributed by atoms with van der Waals surface area (Å²) in [4.78, 5) is 0. The first-order valence-electron chi connectivity index (χ1n) is 5.48. The van der Waals surface area contributed by atoms with Gasteiger partial charge in [-0.15, -0.1) is 0 Å². The van der Waals surface area contributed by atoms with Crippen LogP contribution in [0.1, 0.15) is 25.0 Å². The molecule has 0 unspecified atom stereocenters. The topological polar surface area (TPSA) is 69.4 Å². The number of benzene rings is 1. The van der Waals surface area contributed by atoms with Gasteiger partial charge in [-0.1, -0.05) is 26.0 Å². The summed E-state index contributed by atoms with van der Waals surface area (Å²) in [7, 11) is -1.93. The van der Waals surface area contributed by atoms with Crippen molar-refractivity contribution in [2.45, 2.75) is 26.0 Å². The number of rotatable bonds is 5. The second kappa shape index (κ2) is 5.51. The Hall–Kier alpha value is -1.07. The third-order valence-electron chi connectivity index (χ3n) is 2.42. The Morgan fingerprint density at radius 2 is 2.00 bits per heavy atom. The van der Waals surface area contributed by atoms with Gasteiger partial charge in [-0.2, -0.15) is 0 Å². The first-order valence-corrected chi connectivity index (χ1v) is 7.20. The predicted molar refractivity (Wildman–Crippen MR) is 68.3 cm³/mol. The van der Waals surface area contributed by atoms with Crippen LogP contribution in [0.25, 0.3) is 0 Å². The van der Waals surface area contributed by atoms with Crippen LogP contribution in [0.4, 0.5) is 0 Å². The Kier molecular flexibility index (Phi) is 4.54. The van der Waals surface area contributed by atoms with Crippen molar-refractivity contribution < 1.29 is 13.2 Å². The van der Waals surface area contributed by atoms with E-state index in [4.69, 9.17) is 9.88 Å². The minimum atomic E-state index is -3.52. The van der Waals surface area contributed by atoms with Crippen molar-refractivity contribution in [2.75, 3.05) is 7.11 Å². The minimum Gasteiger partial charge on any atom is -0.496 e. The SMILES string of the molecule is COc1cccc(CS(N)(=O)=O)c1CC(C)C. The fourth-order valence-corrected chi connectivity index (χ4v) is 2.50. The van der Waals surface area contributed by atoms with E-state index < -0.39 is 10.0 Å². The first kappa shape index (κ1) is 14.0. The molecule has 0 atom stereocenters. The lowest BCUT2D eigenvalue weighted by molar-refractivity contribution is 0.406. The van der Waals surface area contributed by atoms with Gasteiger partial charge in [0, 0.05) is 0 Å². The van der Waals surface area contributed by atoms with Gasteiger partial charge in [-0.05, 0) is 29.5 Å². The van der Waals surface area contributed by atoms with Crippen LogP contribution in [0.2, 0.25) is 0 Å². The summed E-state index contributed by atoms with van der Waals surface area (Å²) < 4.78 is 27.6. The smallest absolute Gasteiger partial charge is 0.213 e. The standard InChI is InChI=1S/C12H19NO3S/c1-9(2)7-11-10(8-17(13,14)15)5-4-6-12(11)16-3/h4-6,9H,7-8H2,1-3H3,(H2,13,14,15). The van der Waals surface area contributed by atoms with Crippen LogP contribution in [0.15, 0.2) is 18.2 Å². The maximum atomic E-state index is 11.2. The Labute approximate surface area is 103 Å². The fourth-order valence-electron chi connectivity index (χ4n) is 1.79. The van der Waals surface area contributed by atoms with E-state index in [9.17, 15) is 8.42 Å². The highest BCUT2D eigenvalue weighted by Gasteiger charge is 2.14. The summed E-state index contributed by atoms with van der Waals surface area (Å²) in [6.45, 7) is 4.15. The zero-order chi connectivity index (χ0) is 13.1. The van der Waals surface area contributed by atoms with Gasteiger partial charge in [-0.3, -0.25) is 0 Å². The molecule has 1 aromatic rings. The van der Waals surface area contributed by atoms with Crippen LogP contribution in [0, 0.1) is 5.92 Å².